The van der Waals surface area contributed by atoms with Crippen LogP contribution in [-0.2, 0) is 14.3 Å². The average molecular weight is 321 g/mol. The number of amides is 1. The zero-order valence-electron chi connectivity index (χ0n) is 14.3. The molecule has 1 aromatic carbocycles. The van der Waals surface area contributed by atoms with Crippen molar-refractivity contribution >= 4 is 5.91 Å². The van der Waals surface area contributed by atoms with Crippen LogP contribution in [0.2, 0.25) is 0 Å². The molecule has 128 valence electrons. The largest absolute Gasteiger partial charge is 0.497 e. The molecule has 1 aliphatic rings. The van der Waals surface area contributed by atoms with Crippen molar-refractivity contribution in [2.75, 3.05) is 40.6 Å². The van der Waals surface area contributed by atoms with Crippen LogP contribution < -0.4 is 10.1 Å². The lowest BCUT2D eigenvalue weighted by Crippen LogP contribution is -2.45. The minimum atomic E-state index is -0.194. The van der Waals surface area contributed by atoms with Crippen molar-refractivity contribution in [3.8, 4) is 5.75 Å². The number of hydrogen-bond acceptors (Lipinski definition) is 4. The highest BCUT2D eigenvalue weighted by Gasteiger charge is 2.33. The van der Waals surface area contributed by atoms with Crippen molar-refractivity contribution in [2.24, 2.45) is 5.41 Å². The van der Waals surface area contributed by atoms with Crippen LogP contribution in [0.25, 0.3) is 0 Å². The smallest absolute Gasteiger partial charge is 0.227 e. The maximum Gasteiger partial charge on any atom is 0.227 e. The van der Waals surface area contributed by atoms with E-state index in [0.717, 1.165) is 37.4 Å². The minimum absolute atomic E-state index is 0.0116. The zero-order chi connectivity index (χ0) is 16.7. The van der Waals surface area contributed by atoms with Crippen LogP contribution in [-0.4, -0.2) is 46.5 Å². The van der Waals surface area contributed by atoms with Crippen LogP contribution in [0.3, 0.4) is 0 Å². The first-order valence-corrected chi connectivity index (χ1v) is 8.08. The predicted molar refractivity (Wildman–Crippen MR) is 88.8 cm³/mol. The van der Waals surface area contributed by atoms with Gasteiger partial charge in [0.2, 0.25) is 5.91 Å². The summed E-state index contributed by atoms with van der Waals surface area (Å²) in [5.74, 6) is 0.639. The van der Waals surface area contributed by atoms with E-state index in [9.17, 15) is 4.79 Å². The molecular formula is C18H27NO4. The van der Waals surface area contributed by atoms with E-state index >= 15 is 0 Å². The molecule has 0 saturated carbocycles. The molecule has 1 heterocycles. The van der Waals surface area contributed by atoms with E-state index in [-0.39, 0.29) is 17.2 Å². The summed E-state index contributed by atoms with van der Waals surface area (Å²) < 4.78 is 16.0. The van der Waals surface area contributed by atoms with E-state index in [4.69, 9.17) is 14.2 Å². The molecule has 1 amide bonds. The molecule has 0 radical (unpaired) electrons. The Balaban J connectivity index is 1.93. The van der Waals surface area contributed by atoms with Crippen molar-refractivity contribution in [1.29, 1.82) is 0 Å². The highest BCUT2D eigenvalue weighted by molar-refractivity contribution is 5.83. The molecule has 1 aromatic rings. The molecule has 0 aromatic heterocycles. The van der Waals surface area contributed by atoms with Gasteiger partial charge in [-0.3, -0.25) is 4.79 Å². The van der Waals surface area contributed by atoms with Crippen LogP contribution in [0.5, 0.6) is 5.75 Å². The van der Waals surface area contributed by atoms with E-state index in [0.29, 0.717) is 13.2 Å². The van der Waals surface area contributed by atoms with Crippen LogP contribution in [0, 0.1) is 5.41 Å². The fourth-order valence-electron chi connectivity index (χ4n) is 2.95. The van der Waals surface area contributed by atoms with Gasteiger partial charge in [-0.15, -0.1) is 0 Å². The van der Waals surface area contributed by atoms with Crippen molar-refractivity contribution in [3.05, 3.63) is 29.8 Å². The second-order valence-corrected chi connectivity index (χ2v) is 6.26. The number of ether oxygens (including phenoxy) is 3. The minimum Gasteiger partial charge on any atom is -0.497 e. The molecule has 1 saturated heterocycles. The molecule has 1 unspecified atom stereocenters. The standard InChI is InChI=1S/C18H27NO4/c1-14(15-4-6-16(22-3)7-5-15)17(20)19-12-18(13-21-2)8-10-23-11-9-18/h4-7,14H,8-13H2,1-3H3,(H,19,20). The third-order valence-electron chi connectivity index (χ3n) is 4.65. The van der Waals surface area contributed by atoms with E-state index in [1.54, 1.807) is 14.2 Å². The lowest BCUT2D eigenvalue weighted by atomic mass is 9.80. The number of nitrogens with one attached hydrogen (secondary N) is 1. The summed E-state index contributed by atoms with van der Waals surface area (Å²) in [6.45, 7) is 4.65. The highest BCUT2D eigenvalue weighted by Crippen LogP contribution is 2.30. The molecule has 0 aliphatic carbocycles. The third kappa shape index (κ3) is 4.69. The normalized spacial score (nSPS) is 18.2. The Morgan fingerprint density at radius 1 is 1.26 bits per heavy atom. The van der Waals surface area contributed by atoms with Crippen LogP contribution in [0.15, 0.2) is 24.3 Å². The van der Waals surface area contributed by atoms with Gasteiger partial charge in [-0.1, -0.05) is 12.1 Å². The molecule has 2 rings (SSSR count). The van der Waals surface area contributed by atoms with Gasteiger partial charge in [0.25, 0.3) is 0 Å². The molecule has 1 aliphatic heterocycles. The Hall–Kier alpha value is -1.59. The first-order chi connectivity index (χ1) is 11.1. The maximum atomic E-state index is 12.5. The number of carbonyl (C=O) groups excluding carboxylic acids is 1. The summed E-state index contributed by atoms with van der Waals surface area (Å²) in [6, 6.07) is 7.62. The van der Waals surface area contributed by atoms with Crippen molar-refractivity contribution < 1.29 is 19.0 Å². The lowest BCUT2D eigenvalue weighted by molar-refractivity contribution is -0.123. The Morgan fingerprint density at radius 3 is 2.48 bits per heavy atom. The van der Waals surface area contributed by atoms with Gasteiger partial charge in [0, 0.05) is 32.3 Å². The van der Waals surface area contributed by atoms with Crippen molar-refractivity contribution in [2.45, 2.75) is 25.7 Å². The molecular weight excluding hydrogens is 294 g/mol. The molecule has 1 atom stereocenters. The SMILES string of the molecule is COCC1(CNC(=O)C(C)c2ccc(OC)cc2)CCOCC1. The van der Waals surface area contributed by atoms with E-state index in [1.165, 1.54) is 0 Å². The van der Waals surface area contributed by atoms with Gasteiger partial charge in [-0.2, -0.15) is 0 Å². The Bertz CT molecular complexity index is 489. The summed E-state index contributed by atoms with van der Waals surface area (Å²) >= 11 is 0. The first kappa shape index (κ1) is 17.8. The number of benzene rings is 1. The van der Waals surface area contributed by atoms with Crippen LogP contribution in [0.1, 0.15) is 31.2 Å². The number of methoxy groups -OCH3 is 2. The van der Waals surface area contributed by atoms with Gasteiger partial charge in [0.15, 0.2) is 0 Å². The van der Waals surface area contributed by atoms with E-state index < -0.39 is 0 Å². The van der Waals surface area contributed by atoms with Crippen LogP contribution in [0.4, 0.5) is 0 Å². The maximum absolute atomic E-state index is 12.5. The van der Waals surface area contributed by atoms with Gasteiger partial charge >= 0.3 is 0 Å². The monoisotopic (exact) mass is 321 g/mol. The lowest BCUT2D eigenvalue weighted by Gasteiger charge is -2.36. The summed E-state index contributed by atoms with van der Waals surface area (Å²) in [4.78, 5) is 12.5. The molecule has 5 heteroatoms. The third-order valence-corrected chi connectivity index (χ3v) is 4.65. The summed E-state index contributed by atoms with van der Waals surface area (Å²) in [5.41, 5.74) is 0.971. The first-order valence-electron chi connectivity index (χ1n) is 8.08. The summed E-state index contributed by atoms with van der Waals surface area (Å²) in [6.07, 6.45) is 1.83. The molecule has 0 bridgehead atoms. The predicted octanol–water partition coefficient (Wildman–Crippen LogP) is 2.36. The molecule has 1 N–H and O–H groups in total. The number of hydrogen-bond donors (Lipinski definition) is 1. The quantitative estimate of drug-likeness (QED) is 0.837. The second kappa shape index (κ2) is 8.31. The Labute approximate surface area is 138 Å². The molecule has 1 fully saturated rings. The Kier molecular flexibility index (Phi) is 6.42. The molecule has 23 heavy (non-hydrogen) atoms. The summed E-state index contributed by atoms with van der Waals surface area (Å²) in [7, 11) is 3.34. The molecule has 0 spiro atoms. The van der Waals surface area contributed by atoms with Crippen molar-refractivity contribution in [3.63, 3.8) is 0 Å². The van der Waals surface area contributed by atoms with Gasteiger partial charge < -0.3 is 19.5 Å². The van der Waals surface area contributed by atoms with Gasteiger partial charge in [0.05, 0.1) is 19.6 Å². The van der Waals surface area contributed by atoms with Gasteiger partial charge in [-0.25, -0.2) is 0 Å². The fraction of sp³-hybridized carbons (Fsp3) is 0.611. The van der Waals surface area contributed by atoms with Gasteiger partial charge in [-0.05, 0) is 37.5 Å². The molecule has 5 nitrogen and oxygen atoms in total. The topological polar surface area (TPSA) is 56.8 Å². The van der Waals surface area contributed by atoms with Crippen LogP contribution >= 0.6 is 0 Å². The second-order valence-electron chi connectivity index (χ2n) is 6.26. The summed E-state index contributed by atoms with van der Waals surface area (Å²) in [5, 5.41) is 3.10. The van der Waals surface area contributed by atoms with Gasteiger partial charge in [0.1, 0.15) is 5.75 Å². The number of carbonyl (C=O) groups is 1. The Morgan fingerprint density at radius 2 is 1.91 bits per heavy atom. The average Bonchev–Trinajstić information content (AvgIpc) is 2.60. The van der Waals surface area contributed by atoms with E-state index in [1.807, 2.05) is 31.2 Å². The van der Waals surface area contributed by atoms with E-state index in [2.05, 4.69) is 5.32 Å². The number of rotatable bonds is 7. The fourth-order valence-corrected chi connectivity index (χ4v) is 2.95. The zero-order valence-corrected chi connectivity index (χ0v) is 14.3. The highest BCUT2D eigenvalue weighted by atomic mass is 16.5. The van der Waals surface area contributed by atoms with Crippen molar-refractivity contribution in [1.82, 2.24) is 5.32 Å².